The van der Waals surface area contributed by atoms with Crippen LogP contribution in [0.1, 0.15) is 51.3 Å². The van der Waals surface area contributed by atoms with Crippen molar-refractivity contribution in [2.24, 2.45) is 0 Å². The van der Waals surface area contributed by atoms with Crippen LogP contribution < -0.4 is 18.9 Å². The van der Waals surface area contributed by atoms with Crippen LogP contribution in [0.15, 0.2) is 77.0 Å². The SMILES string of the molecule is CCCCCC[n+]1c(/C=C2\Oc3ccc(-c4ccccc4)cc3N2CCCCS(=O)(=O)O)oc2ccc(OC)cc21. The molecule has 0 radical (unpaired) electrons. The highest BCUT2D eigenvalue weighted by Gasteiger charge is 2.30. The number of unbranched alkanes of at least 4 members (excludes halogenated alkanes) is 4. The van der Waals surface area contributed by atoms with Crippen molar-refractivity contribution in [3.63, 3.8) is 0 Å². The number of anilines is 1. The number of oxazole rings is 1. The summed E-state index contributed by atoms with van der Waals surface area (Å²) in [6, 6.07) is 22.0. The summed E-state index contributed by atoms with van der Waals surface area (Å²) in [4.78, 5) is 2.06. The molecule has 1 aromatic heterocycles. The molecular weight excluding hydrogens is 540 g/mol. The summed E-state index contributed by atoms with van der Waals surface area (Å²) in [5.41, 5.74) is 4.76. The molecule has 8 nitrogen and oxygen atoms in total. The molecule has 0 amide bonds. The van der Waals surface area contributed by atoms with Crippen molar-refractivity contribution in [2.75, 3.05) is 24.3 Å². The van der Waals surface area contributed by atoms with Gasteiger partial charge < -0.3 is 18.8 Å². The van der Waals surface area contributed by atoms with Crippen LogP contribution in [0.5, 0.6) is 11.5 Å². The van der Waals surface area contributed by atoms with Crippen LogP contribution in [-0.2, 0) is 16.7 Å². The van der Waals surface area contributed by atoms with Gasteiger partial charge in [-0.05, 0) is 54.7 Å². The van der Waals surface area contributed by atoms with Gasteiger partial charge in [-0.15, -0.1) is 0 Å². The zero-order valence-electron chi connectivity index (χ0n) is 23.6. The lowest BCUT2D eigenvalue weighted by Gasteiger charge is -2.18. The van der Waals surface area contributed by atoms with Gasteiger partial charge in [0, 0.05) is 13.0 Å². The topological polar surface area (TPSA) is 93.1 Å². The van der Waals surface area contributed by atoms with E-state index in [9.17, 15) is 13.0 Å². The standard InChI is InChI=1S/C32H36N2O6S/c1-3-4-5-9-18-34-28-22-26(38-2)15-17-30(28)40-32(34)23-31-33(19-10-11-20-41(35,36)37)27-21-25(14-16-29(27)39-31)24-12-7-6-8-13-24/h6-8,12-17,21-23H,3-5,9-11,18-20H2,1-2H3/p+1. The fourth-order valence-electron chi connectivity index (χ4n) is 5.15. The van der Waals surface area contributed by atoms with E-state index in [2.05, 4.69) is 34.6 Å². The van der Waals surface area contributed by atoms with E-state index >= 15 is 0 Å². The average molecular weight is 578 g/mol. The molecule has 5 rings (SSSR count). The van der Waals surface area contributed by atoms with Crippen molar-refractivity contribution in [3.05, 3.63) is 78.5 Å². The zero-order chi connectivity index (χ0) is 28.8. The molecule has 4 aromatic rings. The molecule has 1 aliphatic heterocycles. The molecule has 0 atom stereocenters. The number of fused-ring (bicyclic) bond motifs is 2. The maximum atomic E-state index is 11.3. The van der Waals surface area contributed by atoms with Gasteiger partial charge in [0.15, 0.2) is 12.3 Å². The Bertz CT molecular complexity index is 1630. The van der Waals surface area contributed by atoms with E-state index in [0.717, 1.165) is 65.2 Å². The minimum atomic E-state index is -4.02. The van der Waals surface area contributed by atoms with Gasteiger partial charge in [-0.3, -0.25) is 4.55 Å². The van der Waals surface area contributed by atoms with Crippen LogP contribution in [0.4, 0.5) is 5.69 Å². The van der Waals surface area contributed by atoms with Crippen LogP contribution in [0.25, 0.3) is 28.3 Å². The van der Waals surface area contributed by atoms with Gasteiger partial charge in [0.1, 0.15) is 11.8 Å². The molecule has 41 heavy (non-hydrogen) atoms. The molecular formula is C32H37N2O6S+. The minimum Gasteiger partial charge on any atom is -0.497 e. The van der Waals surface area contributed by atoms with Gasteiger partial charge in [-0.25, -0.2) is 0 Å². The number of benzene rings is 3. The fraction of sp³-hybridized carbons (Fsp3) is 0.344. The number of methoxy groups -OCH3 is 1. The molecule has 0 saturated heterocycles. The van der Waals surface area contributed by atoms with Crippen molar-refractivity contribution >= 4 is 33.0 Å². The Hall–Kier alpha value is -3.82. The molecule has 1 aliphatic rings. The lowest BCUT2D eigenvalue weighted by atomic mass is 10.0. The summed E-state index contributed by atoms with van der Waals surface area (Å²) in [6.45, 7) is 3.50. The van der Waals surface area contributed by atoms with Crippen molar-refractivity contribution in [2.45, 2.75) is 52.0 Å². The quantitative estimate of drug-likeness (QED) is 0.106. The van der Waals surface area contributed by atoms with Gasteiger partial charge in [-0.2, -0.15) is 13.0 Å². The van der Waals surface area contributed by atoms with Gasteiger partial charge in [0.2, 0.25) is 11.5 Å². The van der Waals surface area contributed by atoms with E-state index < -0.39 is 10.1 Å². The van der Waals surface area contributed by atoms with E-state index in [1.165, 1.54) is 6.42 Å². The van der Waals surface area contributed by atoms with Crippen LogP contribution in [0.2, 0.25) is 0 Å². The van der Waals surface area contributed by atoms with Gasteiger partial charge in [0.25, 0.3) is 15.6 Å². The van der Waals surface area contributed by atoms with E-state index in [-0.39, 0.29) is 5.75 Å². The van der Waals surface area contributed by atoms with Crippen LogP contribution >= 0.6 is 0 Å². The average Bonchev–Trinajstić information content (AvgIpc) is 3.49. The first-order valence-electron chi connectivity index (χ1n) is 14.2. The monoisotopic (exact) mass is 577 g/mol. The molecule has 0 saturated carbocycles. The van der Waals surface area contributed by atoms with E-state index in [0.29, 0.717) is 31.2 Å². The third-order valence-electron chi connectivity index (χ3n) is 7.29. The lowest BCUT2D eigenvalue weighted by Crippen LogP contribution is -2.36. The minimum absolute atomic E-state index is 0.277. The van der Waals surface area contributed by atoms with Crippen LogP contribution in [0.3, 0.4) is 0 Å². The van der Waals surface area contributed by atoms with E-state index in [1.807, 2.05) is 54.6 Å². The molecule has 1 N–H and O–H groups in total. The second-order valence-electron chi connectivity index (χ2n) is 10.3. The third kappa shape index (κ3) is 6.92. The number of nitrogens with zero attached hydrogens (tertiary/aromatic N) is 2. The third-order valence-corrected chi connectivity index (χ3v) is 8.10. The van der Waals surface area contributed by atoms with Gasteiger partial charge >= 0.3 is 5.89 Å². The maximum absolute atomic E-state index is 11.3. The van der Waals surface area contributed by atoms with Crippen molar-refractivity contribution in [1.82, 2.24) is 0 Å². The molecule has 9 heteroatoms. The molecule has 0 spiro atoms. The first-order chi connectivity index (χ1) is 19.9. The zero-order valence-corrected chi connectivity index (χ0v) is 24.4. The Morgan fingerprint density at radius 3 is 2.54 bits per heavy atom. The molecule has 0 fully saturated rings. The summed E-state index contributed by atoms with van der Waals surface area (Å²) in [7, 11) is -2.36. The Morgan fingerprint density at radius 2 is 1.78 bits per heavy atom. The number of hydrogen-bond acceptors (Lipinski definition) is 6. The van der Waals surface area contributed by atoms with Crippen molar-refractivity contribution < 1.29 is 31.4 Å². The maximum Gasteiger partial charge on any atom is 0.379 e. The largest absolute Gasteiger partial charge is 0.497 e. The first-order valence-corrected chi connectivity index (χ1v) is 15.8. The van der Waals surface area contributed by atoms with Crippen LogP contribution in [-0.4, -0.2) is 32.4 Å². The number of ether oxygens (including phenoxy) is 2. The number of aryl methyl sites for hydroxylation is 1. The number of aromatic nitrogens is 1. The van der Waals surface area contributed by atoms with E-state index in [1.54, 1.807) is 7.11 Å². The molecule has 0 aliphatic carbocycles. The highest BCUT2D eigenvalue weighted by atomic mass is 32.2. The van der Waals surface area contributed by atoms with Crippen molar-refractivity contribution in [1.29, 1.82) is 0 Å². The summed E-state index contributed by atoms with van der Waals surface area (Å²) in [5, 5.41) is 0. The summed E-state index contributed by atoms with van der Waals surface area (Å²) in [6.07, 6.45) is 7.27. The Balaban J connectivity index is 1.52. The Kier molecular flexibility index (Phi) is 8.95. The summed E-state index contributed by atoms with van der Waals surface area (Å²) in [5.74, 6) is 2.47. The van der Waals surface area contributed by atoms with Gasteiger partial charge in [-0.1, -0.05) is 56.2 Å². The van der Waals surface area contributed by atoms with Crippen molar-refractivity contribution in [3.8, 4) is 22.6 Å². The molecule has 0 unspecified atom stereocenters. The Labute approximate surface area is 241 Å². The molecule has 0 bridgehead atoms. The highest BCUT2D eigenvalue weighted by molar-refractivity contribution is 7.85. The lowest BCUT2D eigenvalue weighted by molar-refractivity contribution is -0.678. The molecule has 2 heterocycles. The highest BCUT2D eigenvalue weighted by Crippen LogP contribution is 2.42. The van der Waals surface area contributed by atoms with E-state index in [4.69, 9.17) is 13.9 Å². The number of rotatable bonds is 13. The Morgan fingerprint density at radius 1 is 0.951 bits per heavy atom. The normalized spacial score (nSPS) is 14.0. The molecule has 3 aromatic carbocycles. The predicted octanol–water partition coefficient (Wildman–Crippen LogP) is 6.84. The second kappa shape index (κ2) is 12.8. The summed E-state index contributed by atoms with van der Waals surface area (Å²) < 4.78 is 52.2. The second-order valence-corrected chi connectivity index (χ2v) is 11.8. The van der Waals surface area contributed by atoms with Gasteiger partial charge in [0.05, 0.1) is 24.6 Å². The predicted molar refractivity (Wildman–Crippen MR) is 161 cm³/mol. The smallest absolute Gasteiger partial charge is 0.379 e. The first kappa shape index (κ1) is 28.7. The number of hydrogen-bond donors (Lipinski definition) is 1. The van der Waals surface area contributed by atoms with Crippen LogP contribution in [0, 0.1) is 0 Å². The fourth-order valence-corrected chi connectivity index (χ4v) is 5.72. The summed E-state index contributed by atoms with van der Waals surface area (Å²) >= 11 is 0. The molecule has 216 valence electrons.